The molecule has 0 atom stereocenters. The van der Waals surface area contributed by atoms with Gasteiger partial charge in [-0.05, 0) is 105 Å². The molecule has 0 spiro atoms. The maximum absolute atomic E-state index is 6.40. The van der Waals surface area contributed by atoms with Gasteiger partial charge in [-0.15, -0.1) is 0 Å². The summed E-state index contributed by atoms with van der Waals surface area (Å²) in [6, 6.07) is 71.0. The van der Waals surface area contributed by atoms with Crippen molar-refractivity contribution >= 4 is 71.7 Å². The Hall–Kier alpha value is -7.36. The van der Waals surface area contributed by atoms with Crippen LogP contribution >= 0.6 is 0 Å². The van der Waals surface area contributed by atoms with Crippen LogP contribution in [0.4, 0.5) is 17.1 Å². The molecule has 0 aliphatic rings. The van der Waals surface area contributed by atoms with Gasteiger partial charge in [0.15, 0.2) is 0 Å². The number of hydrogen-bond donors (Lipinski definition) is 0. The molecule has 0 saturated carbocycles. The first-order chi connectivity index (χ1) is 27.2. The van der Waals surface area contributed by atoms with Crippen molar-refractivity contribution in [3.8, 4) is 33.4 Å². The summed E-state index contributed by atoms with van der Waals surface area (Å²) in [7, 11) is 0. The highest BCUT2D eigenvalue weighted by molar-refractivity contribution is 6.22. The van der Waals surface area contributed by atoms with Gasteiger partial charge in [0.1, 0.15) is 22.3 Å². The van der Waals surface area contributed by atoms with Crippen LogP contribution in [0, 0.1) is 0 Å². The molecule has 0 radical (unpaired) electrons. The molecule has 0 amide bonds. The van der Waals surface area contributed by atoms with Crippen molar-refractivity contribution in [2.75, 3.05) is 4.90 Å². The van der Waals surface area contributed by atoms with E-state index in [4.69, 9.17) is 8.83 Å². The lowest BCUT2D eigenvalue weighted by atomic mass is 9.92. The number of nitrogens with zero attached hydrogens (tertiary/aromatic N) is 1. The highest BCUT2D eigenvalue weighted by Crippen LogP contribution is 2.43. The average molecular weight is 704 g/mol. The molecule has 0 saturated heterocycles. The monoisotopic (exact) mass is 703 g/mol. The summed E-state index contributed by atoms with van der Waals surface area (Å²) in [5, 5.41) is 6.92. The first-order valence-electron chi connectivity index (χ1n) is 18.7. The second-order valence-electron chi connectivity index (χ2n) is 14.1. The number of para-hydroxylation sites is 2. The van der Waals surface area contributed by atoms with E-state index in [-0.39, 0.29) is 0 Å². The van der Waals surface area contributed by atoms with Gasteiger partial charge in [0.2, 0.25) is 0 Å². The molecule has 3 nitrogen and oxygen atoms in total. The molecular weight excluding hydrogens is 671 g/mol. The molecule has 2 heterocycles. The second-order valence-corrected chi connectivity index (χ2v) is 14.1. The van der Waals surface area contributed by atoms with Crippen molar-refractivity contribution < 1.29 is 8.83 Å². The summed E-state index contributed by atoms with van der Waals surface area (Å²) >= 11 is 0. The van der Waals surface area contributed by atoms with E-state index in [1.54, 1.807) is 0 Å². The predicted octanol–water partition coefficient (Wildman–Crippen LogP) is 15.1. The van der Waals surface area contributed by atoms with Crippen molar-refractivity contribution in [2.45, 2.75) is 0 Å². The van der Waals surface area contributed by atoms with Crippen LogP contribution in [0.5, 0.6) is 0 Å². The molecular formula is C52H33NO2. The Bertz CT molecular complexity index is 3180. The summed E-state index contributed by atoms with van der Waals surface area (Å²) in [6.45, 7) is 0. The van der Waals surface area contributed by atoms with E-state index in [0.717, 1.165) is 83.2 Å². The van der Waals surface area contributed by atoms with Gasteiger partial charge in [-0.1, -0.05) is 133 Å². The zero-order valence-corrected chi connectivity index (χ0v) is 29.8. The van der Waals surface area contributed by atoms with E-state index in [0.29, 0.717) is 0 Å². The van der Waals surface area contributed by atoms with Gasteiger partial charge >= 0.3 is 0 Å². The van der Waals surface area contributed by atoms with Crippen LogP contribution < -0.4 is 4.90 Å². The summed E-state index contributed by atoms with van der Waals surface area (Å²) < 4.78 is 12.8. The molecule has 11 aromatic rings. The third kappa shape index (κ3) is 5.28. The van der Waals surface area contributed by atoms with Crippen molar-refractivity contribution in [1.82, 2.24) is 0 Å². The molecule has 0 aliphatic carbocycles. The minimum absolute atomic E-state index is 0.867. The Morgan fingerprint density at radius 2 is 0.764 bits per heavy atom. The molecule has 3 heteroatoms. The van der Waals surface area contributed by atoms with Crippen LogP contribution in [-0.2, 0) is 0 Å². The Kier molecular flexibility index (Phi) is 7.17. The zero-order valence-electron chi connectivity index (χ0n) is 29.8. The lowest BCUT2D eigenvalue weighted by Gasteiger charge is -2.26. The van der Waals surface area contributed by atoms with Gasteiger partial charge in [-0.25, -0.2) is 0 Å². The second kappa shape index (κ2) is 12.6. The molecule has 0 bridgehead atoms. The molecule has 11 rings (SSSR count). The fraction of sp³-hybridized carbons (Fsp3) is 0. The van der Waals surface area contributed by atoms with Gasteiger partial charge in [-0.2, -0.15) is 0 Å². The van der Waals surface area contributed by atoms with Crippen molar-refractivity contribution in [2.24, 2.45) is 0 Å². The molecule has 0 unspecified atom stereocenters. The lowest BCUT2D eigenvalue weighted by Crippen LogP contribution is -2.09. The van der Waals surface area contributed by atoms with Crippen LogP contribution in [0.1, 0.15) is 0 Å². The molecule has 0 N–H and O–H groups in total. The normalized spacial score (nSPS) is 11.6. The van der Waals surface area contributed by atoms with Gasteiger partial charge in [0.05, 0.1) is 0 Å². The summed E-state index contributed by atoms with van der Waals surface area (Å²) in [4.78, 5) is 2.31. The fourth-order valence-electron chi connectivity index (χ4n) is 8.21. The van der Waals surface area contributed by atoms with Gasteiger partial charge < -0.3 is 13.7 Å². The number of anilines is 3. The fourth-order valence-corrected chi connectivity index (χ4v) is 8.21. The van der Waals surface area contributed by atoms with Crippen LogP contribution in [0.3, 0.4) is 0 Å². The van der Waals surface area contributed by atoms with Crippen molar-refractivity contribution in [1.29, 1.82) is 0 Å². The number of furan rings is 2. The number of fused-ring (bicyclic) bond motifs is 8. The summed E-state index contributed by atoms with van der Waals surface area (Å²) in [5.41, 5.74) is 13.7. The van der Waals surface area contributed by atoms with E-state index in [1.807, 2.05) is 18.2 Å². The van der Waals surface area contributed by atoms with E-state index in [2.05, 4.69) is 187 Å². The van der Waals surface area contributed by atoms with Crippen LogP contribution in [0.2, 0.25) is 0 Å². The average Bonchev–Trinajstić information content (AvgIpc) is 3.82. The van der Waals surface area contributed by atoms with Gasteiger partial charge in [0.25, 0.3) is 0 Å². The maximum atomic E-state index is 6.40. The third-order valence-corrected chi connectivity index (χ3v) is 10.9. The summed E-state index contributed by atoms with van der Waals surface area (Å²) in [6.07, 6.45) is 0. The van der Waals surface area contributed by atoms with Crippen molar-refractivity contribution in [3.63, 3.8) is 0 Å². The first kappa shape index (κ1) is 31.2. The van der Waals surface area contributed by atoms with Crippen LogP contribution in [0.25, 0.3) is 88.0 Å². The maximum Gasteiger partial charge on any atom is 0.137 e. The van der Waals surface area contributed by atoms with Crippen molar-refractivity contribution in [3.05, 3.63) is 200 Å². The standard InChI is InChI=1S/C52H33NO2/c1-3-11-34(12-4-1)35-19-24-39(25-20-35)53(41-28-30-43-42-15-7-9-17-48(42)54-50(43)32-41)40-26-21-36(22-27-40)38-23-29-44-47(31-38)46(37-13-5-2-6-14-37)33-51-52(44)45-16-8-10-18-49(45)55-51/h1-33H. The van der Waals surface area contributed by atoms with E-state index < -0.39 is 0 Å². The van der Waals surface area contributed by atoms with E-state index in [9.17, 15) is 0 Å². The quantitative estimate of drug-likeness (QED) is 0.173. The minimum Gasteiger partial charge on any atom is -0.456 e. The topological polar surface area (TPSA) is 29.5 Å². The molecule has 258 valence electrons. The highest BCUT2D eigenvalue weighted by atomic mass is 16.3. The molecule has 2 aromatic heterocycles. The van der Waals surface area contributed by atoms with Crippen LogP contribution in [-0.4, -0.2) is 0 Å². The molecule has 9 aromatic carbocycles. The summed E-state index contributed by atoms with van der Waals surface area (Å²) in [5.74, 6) is 0. The number of benzene rings is 9. The Morgan fingerprint density at radius 3 is 1.47 bits per heavy atom. The smallest absolute Gasteiger partial charge is 0.137 e. The Morgan fingerprint density at radius 1 is 0.273 bits per heavy atom. The molecule has 0 fully saturated rings. The number of rotatable bonds is 6. The molecule has 0 aliphatic heterocycles. The van der Waals surface area contributed by atoms with Gasteiger partial charge in [-0.3, -0.25) is 0 Å². The van der Waals surface area contributed by atoms with Crippen LogP contribution in [0.15, 0.2) is 209 Å². The Labute approximate surface area is 317 Å². The first-order valence-corrected chi connectivity index (χ1v) is 18.7. The third-order valence-electron chi connectivity index (χ3n) is 10.9. The van der Waals surface area contributed by atoms with Gasteiger partial charge in [0, 0.05) is 44.7 Å². The van der Waals surface area contributed by atoms with E-state index in [1.165, 1.54) is 21.9 Å². The number of hydrogen-bond acceptors (Lipinski definition) is 3. The predicted molar refractivity (Wildman–Crippen MR) is 229 cm³/mol. The SMILES string of the molecule is c1ccc(-c2ccc(N(c3ccc(-c4ccc5c(c4)c(-c4ccccc4)cc4oc6ccccc6c45)cc3)c3ccc4c(c3)oc3ccccc34)cc2)cc1. The lowest BCUT2D eigenvalue weighted by molar-refractivity contribution is 0.668. The minimum atomic E-state index is 0.867. The largest absolute Gasteiger partial charge is 0.456 e. The highest BCUT2D eigenvalue weighted by Gasteiger charge is 2.18. The Balaban J connectivity index is 1.03. The zero-order chi connectivity index (χ0) is 36.3. The van der Waals surface area contributed by atoms with E-state index >= 15 is 0 Å². The molecule has 55 heavy (non-hydrogen) atoms.